The van der Waals surface area contributed by atoms with E-state index in [-0.39, 0.29) is 37.3 Å². The summed E-state index contributed by atoms with van der Waals surface area (Å²) >= 11 is 0. The van der Waals surface area contributed by atoms with Crippen molar-refractivity contribution in [3.05, 3.63) is 60.2 Å². The topological polar surface area (TPSA) is 94.2 Å². The van der Waals surface area contributed by atoms with Gasteiger partial charge in [0.1, 0.15) is 24.1 Å². The maximum atomic E-state index is 13.1. The maximum absolute atomic E-state index is 13.1. The van der Waals surface area contributed by atoms with Crippen LogP contribution in [0.3, 0.4) is 0 Å². The van der Waals surface area contributed by atoms with Crippen molar-refractivity contribution >= 4 is 17.8 Å². The second kappa shape index (κ2) is 11.4. The van der Waals surface area contributed by atoms with Crippen LogP contribution in [0.25, 0.3) is 0 Å². The Morgan fingerprint density at radius 1 is 1.06 bits per heavy atom. The molecule has 0 bridgehead atoms. The van der Waals surface area contributed by atoms with Crippen molar-refractivity contribution in [2.24, 2.45) is 5.92 Å². The molecular formula is C25H30N2O6. The molecule has 0 aromatic heterocycles. The first kappa shape index (κ1) is 24.1. The Hall–Kier alpha value is -3.55. The Bertz CT molecular complexity index is 945. The van der Waals surface area contributed by atoms with Crippen molar-refractivity contribution in [1.29, 1.82) is 0 Å². The number of ether oxygens (including phenoxy) is 3. The molecule has 2 amide bonds. The van der Waals surface area contributed by atoms with Crippen molar-refractivity contribution in [3.8, 4) is 11.5 Å². The normalized spacial score (nSPS) is 16.4. The van der Waals surface area contributed by atoms with Gasteiger partial charge in [-0.15, -0.1) is 0 Å². The van der Waals surface area contributed by atoms with E-state index in [1.807, 2.05) is 44.2 Å². The van der Waals surface area contributed by atoms with Crippen LogP contribution < -0.4 is 14.8 Å². The molecule has 2 atom stereocenters. The molecule has 1 aliphatic heterocycles. The highest BCUT2D eigenvalue weighted by Gasteiger charge is 2.38. The van der Waals surface area contributed by atoms with Crippen molar-refractivity contribution in [1.82, 2.24) is 10.2 Å². The monoisotopic (exact) mass is 454 g/mol. The number of hydrogen-bond donors (Lipinski definition) is 1. The van der Waals surface area contributed by atoms with Gasteiger partial charge in [-0.05, 0) is 42.2 Å². The third kappa shape index (κ3) is 6.97. The van der Waals surface area contributed by atoms with Crippen LogP contribution in [0, 0.1) is 5.92 Å². The van der Waals surface area contributed by atoms with Crippen LogP contribution in [0.4, 0.5) is 4.79 Å². The minimum Gasteiger partial charge on any atom is -0.497 e. The predicted molar refractivity (Wildman–Crippen MR) is 122 cm³/mol. The summed E-state index contributed by atoms with van der Waals surface area (Å²) in [6, 6.07) is 15.4. The summed E-state index contributed by atoms with van der Waals surface area (Å²) in [5.74, 6) is 0.838. The number of benzene rings is 2. The molecule has 3 rings (SSSR count). The van der Waals surface area contributed by atoms with E-state index in [1.54, 1.807) is 31.4 Å². The molecule has 33 heavy (non-hydrogen) atoms. The summed E-state index contributed by atoms with van der Waals surface area (Å²) in [6.45, 7) is 4.09. The van der Waals surface area contributed by atoms with Gasteiger partial charge in [0, 0.05) is 0 Å². The number of methoxy groups -OCH3 is 1. The van der Waals surface area contributed by atoms with Crippen LogP contribution in [-0.4, -0.2) is 55.0 Å². The lowest BCUT2D eigenvalue weighted by molar-refractivity contribution is -0.134. The third-order valence-corrected chi connectivity index (χ3v) is 5.25. The summed E-state index contributed by atoms with van der Waals surface area (Å²) in [7, 11) is 1.57. The van der Waals surface area contributed by atoms with Gasteiger partial charge in [-0.2, -0.15) is 0 Å². The fraction of sp³-hybridized carbons (Fsp3) is 0.400. The molecule has 176 valence electrons. The molecule has 8 heteroatoms. The zero-order valence-electron chi connectivity index (χ0n) is 19.2. The number of alkyl carbamates (subject to hydrolysis) is 1. The number of Topliss-reactive ketones (excluding diaryl/α,β-unsaturated/α-hetero) is 1. The highest BCUT2D eigenvalue weighted by atomic mass is 16.5. The molecule has 1 heterocycles. The highest BCUT2D eigenvalue weighted by molar-refractivity contribution is 5.95. The largest absolute Gasteiger partial charge is 0.497 e. The molecule has 2 aromatic carbocycles. The lowest BCUT2D eigenvalue weighted by Crippen LogP contribution is -2.49. The first-order valence-corrected chi connectivity index (χ1v) is 10.9. The molecule has 1 fully saturated rings. The predicted octanol–water partition coefficient (Wildman–Crippen LogP) is 3.20. The Morgan fingerprint density at radius 2 is 1.73 bits per heavy atom. The number of ketones is 1. The third-order valence-electron chi connectivity index (χ3n) is 5.25. The number of hydrogen-bond acceptors (Lipinski definition) is 6. The van der Waals surface area contributed by atoms with Gasteiger partial charge in [0.2, 0.25) is 5.91 Å². The van der Waals surface area contributed by atoms with Crippen molar-refractivity contribution in [2.45, 2.75) is 39.0 Å². The summed E-state index contributed by atoms with van der Waals surface area (Å²) in [5.41, 5.74) is 0.850. The molecule has 0 radical (unpaired) electrons. The Balaban J connectivity index is 1.58. The van der Waals surface area contributed by atoms with E-state index in [0.29, 0.717) is 17.9 Å². The lowest BCUT2D eigenvalue weighted by Gasteiger charge is -2.25. The first-order valence-electron chi connectivity index (χ1n) is 10.9. The Kier molecular flexibility index (Phi) is 8.29. The molecule has 0 spiro atoms. The SMILES string of the molecule is COc1ccc(OC2CN(C(=O)C(CC(C)C)NC(=O)OCc3ccccc3)CC2=O)cc1. The zero-order valence-corrected chi connectivity index (χ0v) is 19.2. The average molecular weight is 455 g/mol. The number of carbonyl (C=O) groups is 3. The van der Waals surface area contributed by atoms with Gasteiger partial charge in [0.25, 0.3) is 0 Å². The van der Waals surface area contributed by atoms with E-state index in [9.17, 15) is 14.4 Å². The number of carbonyl (C=O) groups excluding carboxylic acids is 3. The van der Waals surface area contributed by atoms with Gasteiger partial charge < -0.3 is 24.4 Å². The molecule has 1 aliphatic rings. The van der Waals surface area contributed by atoms with Gasteiger partial charge >= 0.3 is 6.09 Å². The zero-order chi connectivity index (χ0) is 23.8. The van der Waals surface area contributed by atoms with Crippen LogP contribution in [0.5, 0.6) is 11.5 Å². The van der Waals surface area contributed by atoms with Gasteiger partial charge in [-0.25, -0.2) is 4.79 Å². The number of nitrogens with one attached hydrogen (secondary N) is 1. The van der Waals surface area contributed by atoms with E-state index in [0.717, 1.165) is 5.56 Å². The van der Waals surface area contributed by atoms with Gasteiger partial charge in [-0.1, -0.05) is 44.2 Å². The van der Waals surface area contributed by atoms with E-state index in [4.69, 9.17) is 14.2 Å². The second-order valence-electron chi connectivity index (χ2n) is 8.36. The fourth-order valence-corrected chi connectivity index (χ4v) is 3.57. The fourth-order valence-electron chi connectivity index (χ4n) is 3.57. The van der Waals surface area contributed by atoms with Crippen LogP contribution in [-0.2, 0) is 20.9 Å². The van der Waals surface area contributed by atoms with Crippen LogP contribution in [0.15, 0.2) is 54.6 Å². The van der Waals surface area contributed by atoms with Gasteiger partial charge in [-0.3, -0.25) is 9.59 Å². The quantitative estimate of drug-likeness (QED) is 0.625. The average Bonchev–Trinajstić information content (AvgIpc) is 3.17. The smallest absolute Gasteiger partial charge is 0.408 e. The first-order chi connectivity index (χ1) is 15.9. The molecule has 0 saturated carbocycles. The number of rotatable bonds is 9. The van der Waals surface area contributed by atoms with E-state index < -0.39 is 18.2 Å². The van der Waals surface area contributed by atoms with Crippen LogP contribution >= 0.6 is 0 Å². The molecule has 2 unspecified atom stereocenters. The van der Waals surface area contributed by atoms with Crippen molar-refractivity contribution in [3.63, 3.8) is 0 Å². The van der Waals surface area contributed by atoms with E-state index in [1.165, 1.54) is 4.90 Å². The van der Waals surface area contributed by atoms with Gasteiger partial charge in [0.15, 0.2) is 11.9 Å². The van der Waals surface area contributed by atoms with Crippen LogP contribution in [0.2, 0.25) is 0 Å². The molecule has 8 nitrogen and oxygen atoms in total. The van der Waals surface area contributed by atoms with Crippen molar-refractivity contribution < 1.29 is 28.6 Å². The number of amides is 2. The van der Waals surface area contributed by atoms with Crippen LogP contribution in [0.1, 0.15) is 25.8 Å². The maximum Gasteiger partial charge on any atom is 0.408 e. The molecule has 0 aliphatic carbocycles. The highest BCUT2D eigenvalue weighted by Crippen LogP contribution is 2.21. The van der Waals surface area contributed by atoms with E-state index in [2.05, 4.69) is 5.32 Å². The minimum absolute atomic E-state index is 0.0605. The summed E-state index contributed by atoms with van der Waals surface area (Å²) in [5, 5.41) is 2.67. The standard InChI is InChI=1S/C25H30N2O6/c1-17(2)13-21(26-25(30)32-16-18-7-5-4-6-8-18)24(29)27-14-22(28)23(15-27)33-20-11-9-19(31-3)10-12-20/h4-12,17,21,23H,13-16H2,1-3H3,(H,26,30). The summed E-state index contributed by atoms with van der Waals surface area (Å²) in [6.07, 6.45) is -1.00. The molecular weight excluding hydrogens is 424 g/mol. The van der Waals surface area contributed by atoms with Gasteiger partial charge in [0.05, 0.1) is 20.2 Å². The minimum atomic E-state index is -0.791. The van der Waals surface area contributed by atoms with E-state index >= 15 is 0 Å². The molecule has 2 aromatic rings. The second-order valence-corrected chi connectivity index (χ2v) is 8.36. The molecule has 1 saturated heterocycles. The Morgan fingerprint density at radius 3 is 2.36 bits per heavy atom. The number of nitrogens with zero attached hydrogens (tertiary/aromatic N) is 1. The summed E-state index contributed by atoms with van der Waals surface area (Å²) < 4.78 is 16.2. The number of likely N-dealkylation sites (tertiary alicyclic amines) is 1. The lowest BCUT2D eigenvalue weighted by atomic mass is 10.0. The summed E-state index contributed by atoms with van der Waals surface area (Å²) in [4.78, 5) is 39.4. The molecule has 1 N–H and O–H groups in total. The van der Waals surface area contributed by atoms with Crippen molar-refractivity contribution in [2.75, 3.05) is 20.2 Å². The Labute approximate surface area is 193 Å².